The Balaban J connectivity index is 1.48. The minimum absolute atomic E-state index is 0.0441. The topological polar surface area (TPSA) is 117 Å². The Morgan fingerprint density at radius 3 is 2.71 bits per heavy atom. The predicted octanol–water partition coefficient (Wildman–Crippen LogP) is 2.02. The van der Waals surface area contributed by atoms with E-state index in [-0.39, 0.29) is 36.1 Å². The maximum atomic E-state index is 12.1. The molecule has 28 heavy (non-hydrogen) atoms. The van der Waals surface area contributed by atoms with Gasteiger partial charge in [-0.3, -0.25) is 14.9 Å². The first kappa shape index (κ1) is 19.2. The van der Waals surface area contributed by atoms with Crippen LogP contribution in [0, 0.1) is 17.0 Å². The zero-order chi connectivity index (χ0) is 20.1. The lowest BCUT2D eigenvalue weighted by molar-refractivity contribution is -0.385. The van der Waals surface area contributed by atoms with E-state index in [2.05, 4.69) is 5.32 Å². The molecule has 146 valence electrons. The van der Waals surface area contributed by atoms with E-state index in [4.69, 9.17) is 14.2 Å². The van der Waals surface area contributed by atoms with Gasteiger partial charge in [0.25, 0.3) is 11.6 Å². The third-order valence-corrected chi connectivity index (χ3v) is 4.15. The number of ether oxygens (including phenoxy) is 3. The van der Waals surface area contributed by atoms with Crippen molar-refractivity contribution in [2.75, 3.05) is 19.8 Å². The minimum atomic E-state index is -0.803. The third kappa shape index (κ3) is 4.37. The van der Waals surface area contributed by atoms with Crippen LogP contribution in [0.15, 0.2) is 42.5 Å². The number of rotatable bonds is 6. The lowest BCUT2D eigenvalue weighted by atomic mass is 10.1. The smallest absolute Gasteiger partial charge is 0.339 e. The summed E-state index contributed by atoms with van der Waals surface area (Å²) in [6.45, 7) is 1.41. The number of nitrogens with zero attached hydrogens (tertiary/aromatic N) is 1. The number of fused-ring (bicyclic) bond motifs is 1. The van der Waals surface area contributed by atoms with Crippen LogP contribution >= 0.6 is 0 Å². The van der Waals surface area contributed by atoms with Crippen molar-refractivity contribution in [1.29, 1.82) is 0 Å². The summed E-state index contributed by atoms with van der Waals surface area (Å²) < 4.78 is 16.2. The fourth-order valence-corrected chi connectivity index (χ4v) is 2.69. The van der Waals surface area contributed by atoms with Gasteiger partial charge in [-0.05, 0) is 25.1 Å². The van der Waals surface area contributed by atoms with Crippen molar-refractivity contribution in [2.45, 2.75) is 13.0 Å². The van der Waals surface area contributed by atoms with Crippen molar-refractivity contribution in [3.63, 3.8) is 0 Å². The highest BCUT2D eigenvalue weighted by molar-refractivity contribution is 5.93. The average Bonchev–Trinajstić information content (AvgIpc) is 2.70. The molecule has 0 radical (unpaired) electrons. The van der Waals surface area contributed by atoms with Crippen LogP contribution in [0.25, 0.3) is 0 Å². The standard InChI is InChI=1S/C19H18N2O7/c1-12-14(5-4-6-15(12)21(24)25)19(23)27-11-18(22)20-9-13-10-26-16-7-2-3-8-17(16)28-13/h2-8,13H,9-11H2,1H3,(H,20,22). The second kappa shape index (κ2) is 8.38. The van der Waals surface area contributed by atoms with Crippen LogP contribution in [0.1, 0.15) is 15.9 Å². The number of carbonyl (C=O) groups is 2. The number of esters is 1. The third-order valence-electron chi connectivity index (χ3n) is 4.15. The zero-order valence-corrected chi connectivity index (χ0v) is 15.0. The molecule has 1 aliphatic rings. The predicted molar refractivity (Wildman–Crippen MR) is 97.5 cm³/mol. The summed E-state index contributed by atoms with van der Waals surface area (Å²) in [5.74, 6) is -0.0756. The molecule has 1 aliphatic heterocycles. The molecule has 9 heteroatoms. The van der Waals surface area contributed by atoms with Crippen LogP contribution < -0.4 is 14.8 Å². The van der Waals surface area contributed by atoms with Crippen molar-refractivity contribution >= 4 is 17.6 Å². The number of nitro benzene ring substituents is 1. The Bertz CT molecular complexity index is 913. The van der Waals surface area contributed by atoms with Gasteiger partial charge in [0.05, 0.1) is 17.0 Å². The molecule has 3 rings (SSSR count). The molecule has 1 heterocycles. The van der Waals surface area contributed by atoms with Crippen LogP contribution in [-0.2, 0) is 9.53 Å². The summed E-state index contributed by atoms with van der Waals surface area (Å²) in [6.07, 6.45) is -0.367. The molecule has 1 atom stereocenters. The molecule has 0 spiro atoms. The van der Waals surface area contributed by atoms with Gasteiger partial charge in [0.2, 0.25) is 0 Å². The van der Waals surface area contributed by atoms with Gasteiger partial charge in [0.1, 0.15) is 12.7 Å². The van der Waals surface area contributed by atoms with Gasteiger partial charge >= 0.3 is 5.97 Å². The molecular formula is C19H18N2O7. The molecule has 0 saturated carbocycles. The van der Waals surface area contributed by atoms with Crippen molar-refractivity contribution in [3.8, 4) is 11.5 Å². The quantitative estimate of drug-likeness (QED) is 0.458. The summed E-state index contributed by atoms with van der Waals surface area (Å²) >= 11 is 0. The first-order chi connectivity index (χ1) is 13.5. The highest BCUT2D eigenvalue weighted by Gasteiger charge is 2.22. The summed E-state index contributed by atoms with van der Waals surface area (Å²) in [5.41, 5.74) is 0.0422. The number of hydrogen-bond donors (Lipinski definition) is 1. The number of amides is 1. The molecule has 0 fully saturated rings. The molecule has 0 aromatic heterocycles. The molecule has 2 aromatic rings. The van der Waals surface area contributed by atoms with E-state index in [0.29, 0.717) is 11.5 Å². The Kier molecular flexibility index (Phi) is 5.73. The van der Waals surface area contributed by atoms with E-state index >= 15 is 0 Å². The molecule has 1 unspecified atom stereocenters. The number of benzene rings is 2. The minimum Gasteiger partial charge on any atom is -0.486 e. The van der Waals surface area contributed by atoms with Gasteiger partial charge in [-0.25, -0.2) is 4.79 Å². The SMILES string of the molecule is Cc1c(C(=O)OCC(=O)NCC2COc3ccccc3O2)cccc1[N+](=O)[O-]. The van der Waals surface area contributed by atoms with Crippen molar-refractivity contribution in [3.05, 3.63) is 63.7 Å². The average molecular weight is 386 g/mol. The first-order valence-corrected chi connectivity index (χ1v) is 8.52. The Labute approximate surface area is 160 Å². The normalized spacial score (nSPS) is 14.8. The fourth-order valence-electron chi connectivity index (χ4n) is 2.69. The van der Waals surface area contributed by atoms with Gasteiger partial charge < -0.3 is 19.5 Å². The van der Waals surface area contributed by atoms with Crippen LogP contribution in [0.2, 0.25) is 0 Å². The molecule has 0 saturated heterocycles. The van der Waals surface area contributed by atoms with Crippen LogP contribution in [0.5, 0.6) is 11.5 Å². The largest absolute Gasteiger partial charge is 0.486 e. The number of carbonyl (C=O) groups excluding carboxylic acids is 2. The fraction of sp³-hybridized carbons (Fsp3) is 0.263. The zero-order valence-electron chi connectivity index (χ0n) is 15.0. The summed E-state index contributed by atoms with van der Waals surface area (Å²) in [6, 6.07) is 11.3. The second-order valence-corrected chi connectivity index (χ2v) is 6.08. The second-order valence-electron chi connectivity index (χ2n) is 6.08. The molecular weight excluding hydrogens is 368 g/mol. The lowest BCUT2D eigenvalue weighted by Crippen LogP contribution is -2.42. The molecule has 9 nitrogen and oxygen atoms in total. The first-order valence-electron chi connectivity index (χ1n) is 8.52. The molecule has 0 bridgehead atoms. The van der Waals surface area contributed by atoms with E-state index in [1.165, 1.54) is 25.1 Å². The van der Waals surface area contributed by atoms with E-state index in [0.717, 1.165) is 0 Å². The van der Waals surface area contributed by atoms with E-state index in [1.807, 2.05) is 12.1 Å². The van der Waals surface area contributed by atoms with Gasteiger partial charge in [-0.2, -0.15) is 0 Å². The van der Waals surface area contributed by atoms with Crippen LogP contribution in [0.4, 0.5) is 5.69 Å². The van der Waals surface area contributed by atoms with E-state index in [9.17, 15) is 19.7 Å². The monoisotopic (exact) mass is 386 g/mol. The number of nitro groups is 1. The molecule has 1 amide bonds. The summed E-state index contributed by atoms with van der Waals surface area (Å²) in [7, 11) is 0. The van der Waals surface area contributed by atoms with Gasteiger partial charge in [-0.1, -0.05) is 18.2 Å². The summed E-state index contributed by atoms with van der Waals surface area (Å²) in [5, 5.41) is 13.5. The maximum absolute atomic E-state index is 12.1. The maximum Gasteiger partial charge on any atom is 0.339 e. The number of nitrogens with one attached hydrogen (secondary N) is 1. The van der Waals surface area contributed by atoms with Crippen molar-refractivity contribution in [2.24, 2.45) is 0 Å². The van der Waals surface area contributed by atoms with E-state index in [1.54, 1.807) is 12.1 Å². The van der Waals surface area contributed by atoms with E-state index < -0.39 is 23.4 Å². The van der Waals surface area contributed by atoms with Crippen molar-refractivity contribution in [1.82, 2.24) is 5.32 Å². The highest BCUT2D eigenvalue weighted by Crippen LogP contribution is 2.30. The van der Waals surface area contributed by atoms with Gasteiger partial charge in [0, 0.05) is 11.6 Å². The van der Waals surface area contributed by atoms with Crippen molar-refractivity contribution < 1.29 is 28.7 Å². The highest BCUT2D eigenvalue weighted by atomic mass is 16.6. The Hall–Kier alpha value is -3.62. The lowest BCUT2D eigenvalue weighted by Gasteiger charge is -2.26. The number of para-hydroxylation sites is 2. The molecule has 1 N–H and O–H groups in total. The summed E-state index contributed by atoms with van der Waals surface area (Å²) in [4.78, 5) is 34.4. The van der Waals surface area contributed by atoms with Gasteiger partial charge in [-0.15, -0.1) is 0 Å². The molecule has 2 aromatic carbocycles. The van der Waals surface area contributed by atoms with Crippen LogP contribution in [-0.4, -0.2) is 42.7 Å². The van der Waals surface area contributed by atoms with Gasteiger partial charge in [0.15, 0.2) is 18.1 Å². The van der Waals surface area contributed by atoms with Crippen LogP contribution in [0.3, 0.4) is 0 Å². The Morgan fingerprint density at radius 2 is 1.96 bits per heavy atom. The number of hydrogen-bond acceptors (Lipinski definition) is 7. The molecule has 0 aliphatic carbocycles. The Morgan fingerprint density at radius 1 is 1.21 bits per heavy atom.